The predicted octanol–water partition coefficient (Wildman–Crippen LogP) is 1.86. The highest BCUT2D eigenvalue weighted by atomic mass is 16.5. The molecule has 0 radical (unpaired) electrons. The van der Waals surface area contributed by atoms with Crippen LogP contribution in [0.25, 0.3) is 10.9 Å². The molecule has 1 aliphatic rings. The Balaban J connectivity index is 1.71. The number of aromatic amines is 1. The fourth-order valence-electron chi connectivity index (χ4n) is 3.94. The zero-order valence-corrected chi connectivity index (χ0v) is 18.5. The van der Waals surface area contributed by atoms with Crippen molar-refractivity contribution in [3.8, 4) is 11.8 Å². The third kappa shape index (κ3) is 5.38. The van der Waals surface area contributed by atoms with Crippen LogP contribution in [0.1, 0.15) is 43.6 Å². The number of ether oxygens (including phenoxy) is 1. The van der Waals surface area contributed by atoms with Crippen molar-refractivity contribution < 1.29 is 19.1 Å². The molecule has 1 aliphatic heterocycles. The Hall–Kier alpha value is -3.54. The number of hydrogen-bond donors (Lipinski definition) is 4. The Labute approximate surface area is 186 Å². The van der Waals surface area contributed by atoms with Crippen molar-refractivity contribution in [3.63, 3.8) is 0 Å². The second-order valence-corrected chi connectivity index (χ2v) is 8.46. The molecule has 170 valence electrons. The second-order valence-electron chi connectivity index (χ2n) is 8.46. The van der Waals surface area contributed by atoms with Crippen LogP contribution < -0.4 is 20.7 Å². The van der Waals surface area contributed by atoms with Crippen LogP contribution in [-0.4, -0.2) is 48.4 Å². The third-order valence-electron chi connectivity index (χ3n) is 5.57. The normalized spacial score (nSPS) is 17.5. The molecular formula is C23H29N5O4. The van der Waals surface area contributed by atoms with Gasteiger partial charge in [0.25, 0.3) is 5.91 Å². The number of hydrogen-bond acceptors (Lipinski definition) is 5. The topological polar surface area (TPSA) is 136 Å². The highest BCUT2D eigenvalue weighted by molar-refractivity contribution is 6.01. The number of fused-ring (bicyclic) bond motifs is 1. The first-order valence-corrected chi connectivity index (χ1v) is 10.8. The molecule has 32 heavy (non-hydrogen) atoms. The SMILES string of the molecule is COc1cccc2[nH]c(C(=O)NC(CC(C)C)C(=O)NC(C#N)C[C@@H]3CCNC3=O)cc12. The van der Waals surface area contributed by atoms with Crippen molar-refractivity contribution in [1.29, 1.82) is 5.26 Å². The molecule has 9 heteroatoms. The van der Waals surface area contributed by atoms with Crippen LogP contribution >= 0.6 is 0 Å². The first kappa shape index (κ1) is 23.1. The Morgan fingerprint density at radius 1 is 1.31 bits per heavy atom. The first-order valence-electron chi connectivity index (χ1n) is 10.8. The van der Waals surface area contributed by atoms with Gasteiger partial charge in [0.1, 0.15) is 23.5 Å². The lowest BCUT2D eigenvalue weighted by Gasteiger charge is -2.22. The number of amides is 3. The van der Waals surface area contributed by atoms with Crippen molar-refractivity contribution in [1.82, 2.24) is 20.9 Å². The standard InChI is InChI=1S/C23H29N5O4/c1-13(2)9-18(22(30)26-15(12-24)10-14-7-8-25-21(14)29)28-23(31)19-11-16-17(27-19)5-4-6-20(16)32-3/h4-6,11,13-15,18,27H,7-10H2,1-3H3,(H,25,29)(H,26,30)(H,28,31)/t14-,15?,18?/m0/s1. The summed E-state index contributed by atoms with van der Waals surface area (Å²) in [6.07, 6.45) is 1.30. The van der Waals surface area contributed by atoms with Gasteiger partial charge in [0.15, 0.2) is 0 Å². The molecule has 4 N–H and O–H groups in total. The van der Waals surface area contributed by atoms with Gasteiger partial charge in [-0.15, -0.1) is 0 Å². The van der Waals surface area contributed by atoms with Crippen LogP contribution in [0.15, 0.2) is 24.3 Å². The van der Waals surface area contributed by atoms with Gasteiger partial charge in [0.2, 0.25) is 11.8 Å². The van der Waals surface area contributed by atoms with Crippen LogP contribution in [0.4, 0.5) is 0 Å². The molecule has 2 unspecified atom stereocenters. The average Bonchev–Trinajstić information content (AvgIpc) is 3.38. The molecule has 3 amide bonds. The molecule has 1 fully saturated rings. The number of carbonyl (C=O) groups is 3. The molecule has 2 aromatic rings. The van der Waals surface area contributed by atoms with E-state index in [1.165, 1.54) is 0 Å². The fourth-order valence-corrected chi connectivity index (χ4v) is 3.94. The minimum atomic E-state index is -0.816. The van der Waals surface area contributed by atoms with E-state index in [1.807, 2.05) is 26.0 Å². The largest absolute Gasteiger partial charge is 0.496 e. The van der Waals surface area contributed by atoms with Crippen molar-refractivity contribution in [3.05, 3.63) is 30.0 Å². The monoisotopic (exact) mass is 439 g/mol. The number of nitrogens with one attached hydrogen (secondary N) is 4. The van der Waals surface area contributed by atoms with E-state index >= 15 is 0 Å². The molecule has 1 aromatic heterocycles. The van der Waals surface area contributed by atoms with Gasteiger partial charge in [-0.1, -0.05) is 19.9 Å². The zero-order valence-electron chi connectivity index (χ0n) is 18.5. The van der Waals surface area contributed by atoms with Gasteiger partial charge >= 0.3 is 0 Å². The number of methoxy groups -OCH3 is 1. The van der Waals surface area contributed by atoms with Gasteiger partial charge in [0.05, 0.1) is 13.2 Å². The Kier molecular flexibility index (Phi) is 7.36. The maximum absolute atomic E-state index is 12.9. The van der Waals surface area contributed by atoms with E-state index in [9.17, 15) is 19.6 Å². The summed E-state index contributed by atoms with van der Waals surface area (Å²) >= 11 is 0. The van der Waals surface area contributed by atoms with Crippen LogP contribution in [0.5, 0.6) is 5.75 Å². The molecule has 3 rings (SSSR count). The van der Waals surface area contributed by atoms with Crippen LogP contribution in [0.2, 0.25) is 0 Å². The van der Waals surface area contributed by atoms with E-state index in [0.29, 0.717) is 30.8 Å². The maximum atomic E-state index is 12.9. The molecule has 0 bridgehead atoms. The van der Waals surface area contributed by atoms with E-state index in [0.717, 1.165) is 10.9 Å². The molecular weight excluding hydrogens is 410 g/mol. The van der Waals surface area contributed by atoms with Gasteiger partial charge in [-0.05, 0) is 43.4 Å². The maximum Gasteiger partial charge on any atom is 0.268 e. The van der Waals surface area contributed by atoms with Gasteiger partial charge in [-0.2, -0.15) is 5.26 Å². The van der Waals surface area contributed by atoms with Gasteiger partial charge in [-0.3, -0.25) is 14.4 Å². The Morgan fingerprint density at radius 2 is 2.09 bits per heavy atom. The summed E-state index contributed by atoms with van der Waals surface area (Å²) < 4.78 is 5.34. The smallest absolute Gasteiger partial charge is 0.268 e. The summed E-state index contributed by atoms with van der Waals surface area (Å²) in [6, 6.07) is 7.59. The van der Waals surface area contributed by atoms with Gasteiger partial charge in [-0.25, -0.2) is 0 Å². The van der Waals surface area contributed by atoms with E-state index < -0.39 is 23.9 Å². The molecule has 2 heterocycles. The summed E-state index contributed by atoms with van der Waals surface area (Å²) in [7, 11) is 1.56. The van der Waals surface area contributed by atoms with Crippen LogP contribution in [0, 0.1) is 23.2 Å². The molecule has 1 aromatic carbocycles. The number of carbonyl (C=O) groups excluding carboxylic acids is 3. The number of nitrogens with zero attached hydrogens (tertiary/aromatic N) is 1. The highest BCUT2D eigenvalue weighted by Gasteiger charge is 2.30. The molecule has 0 aliphatic carbocycles. The van der Waals surface area contributed by atoms with Gasteiger partial charge < -0.3 is 25.7 Å². The first-order chi connectivity index (χ1) is 15.3. The van der Waals surface area contributed by atoms with Gasteiger partial charge in [0, 0.05) is 23.4 Å². The minimum absolute atomic E-state index is 0.0965. The Bertz CT molecular complexity index is 1040. The summed E-state index contributed by atoms with van der Waals surface area (Å²) in [5.74, 6) is -0.476. The Morgan fingerprint density at radius 3 is 2.72 bits per heavy atom. The van der Waals surface area contributed by atoms with E-state index in [1.54, 1.807) is 19.2 Å². The zero-order chi connectivity index (χ0) is 23.3. The minimum Gasteiger partial charge on any atom is -0.496 e. The number of benzene rings is 1. The summed E-state index contributed by atoms with van der Waals surface area (Å²) in [5, 5.41) is 18.5. The molecule has 0 spiro atoms. The van der Waals surface area contributed by atoms with E-state index in [-0.39, 0.29) is 24.2 Å². The van der Waals surface area contributed by atoms with Crippen LogP contribution in [-0.2, 0) is 9.59 Å². The summed E-state index contributed by atoms with van der Waals surface area (Å²) in [5.41, 5.74) is 1.06. The number of nitriles is 1. The molecule has 9 nitrogen and oxygen atoms in total. The summed E-state index contributed by atoms with van der Waals surface area (Å²) in [6.45, 7) is 4.48. The van der Waals surface area contributed by atoms with Crippen molar-refractivity contribution in [2.24, 2.45) is 11.8 Å². The number of H-pyrrole nitrogens is 1. The molecule has 0 saturated carbocycles. The lowest BCUT2D eigenvalue weighted by molar-refractivity contribution is -0.125. The van der Waals surface area contributed by atoms with Crippen molar-refractivity contribution in [2.45, 2.75) is 45.2 Å². The lowest BCUT2D eigenvalue weighted by atomic mass is 9.98. The third-order valence-corrected chi connectivity index (χ3v) is 5.57. The number of aromatic nitrogens is 1. The van der Waals surface area contributed by atoms with Crippen molar-refractivity contribution in [2.75, 3.05) is 13.7 Å². The fraction of sp³-hybridized carbons (Fsp3) is 0.478. The van der Waals surface area contributed by atoms with Crippen LogP contribution in [0.3, 0.4) is 0 Å². The predicted molar refractivity (Wildman–Crippen MR) is 119 cm³/mol. The average molecular weight is 440 g/mol. The van der Waals surface area contributed by atoms with E-state index in [4.69, 9.17) is 4.74 Å². The van der Waals surface area contributed by atoms with Crippen molar-refractivity contribution >= 4 is 28.6 Å². The second kappa shape index (κ2) is 10.2. The molecule has 3 atom stereocenters. The highest BCUT2D eigenvalue weighted by Crippen LogP contribution is 2.26. The summed E-state index contributed by atoms with van der Waals surface area (Å²) in [4.78, 5) is 40.7. The lowest BCUT2D eigenvalue weighted by Crippen LogP contribution is -2.50. The molecule has 1 saturated heterocycles. The number of rotatable bonds is 9. The quantitative estimate of drug-likeness (QED) is 0.473. The van der Waals surface area contributed by atoms with E-state index in [2.05, 4.69) is 27.0 Å².